The first-order valence-corrected chi connectivity index (χ1v) is 8.02. The topological polar surface area (TPSA) is 97.6 Å². The van der Waals surface area contributed by atoms with Gasteiger partial charge in [-0.3, -0.25) is 19.3 Å². The Balaban J connectivity index is 1.96. The summed E-state index contributed by atoms with van der Waals surface area (Å²) < 4.78 is 2.92. The monoisotopic (exact) mass is 326 g/mol. The molecule has 3 aromatic rings. The highest BCUT2D eigenvalue weighted by atomic mass is 16.2. The molecule has 0 atom stereocenters. The quantitative estimate of drug-likeness (QED) is 0.715. The van der Waals surface area contributed by atoms with Gasteiger partial charge in [-0.05, 0) is 45.0 Å². The van der Waals surface area contributed by atoms with Gasteiger partial charge in [0.05, 0.1) is 17.6 Å². The molecule has 1 fully saturated rings. The number of aromatic nitrogens is 5. The second kappa shape index (κ2) is 5.72. The highest BCUT2D eigenvalue weighted by molar-refractivity contribution is 5.78. The molecule has 0 aliphatic carbocycles. The van der Waals surface area contributed by atoms with Crippen LogP contribution < -0.4 is 16.6 Å². The van der Waals surface area contributed by atoms with Gasteiger partial charge in [-0.1, -0.05) is 0 Å². The fourth-order valence-electron chi connectivity index (χ4n) is 3.34. The van der Waals surface area contributed by atoms with Crippen LogP contribution in [0.25, 0.3) is 16.7 Å². The van der Waals surface area contributed by atoms with E-state index in [-0.39, 0.29) is 17.3 Å². The molecule has 8 nitrogen and oxygen atoms in total. The number of nitrogens with zero attached hydrogens (tertiary/aromatic N) is 4. The molecule has 0 saturated carbocycles. The minimum absolute atomic E-state index is 0.0759. The van der Waals surface area contributed by atoms with Crippen LogP contribution in [0.1, 0.15) is 24.6 Å². The van der Waals surface area contributed by atoms with Crippen molar-refractivity contribution in [3.8, 4) is 5.69 Å². The third kappa shape index (κ3) is 2.26. The second-order valence-corrected chi connectivity index (χ2v) is 6.02. The first-order valence-electron chi connectivity index (χ1n) is 8.02. The van der Waals surface area contributed by atoms with Crippen LogP contribution in [0.4, 0.5) is 0 Å². The van der Waals surface area contributed by atoms with E-state index in [1.165, 1.54) is 4.57 Å². The van der Waals surface area contributed by atoms with E-state index in [9.17, 15) is 9.59 Å². The number of piperidine rings is 1. The molecule has 4 heterocycles. The van der Waals surface area contributed by atoms with Crippen LogP contribution in [0.5, 0.6) is 0 Å². The van der Waals surface area contributed by atoms with E-state index >= 15 is 0 Å². The fourth-order valence-corrected chi connectivity index (χ4v) is 3.34. The van der Waals surface area contributed by atoms with E-state index in [1.54, 1.807) is 30.1 Å². The van der Waals surface area contributed by atoms with Crippen LogP contribution in [0.2, 0.25) is 0 Å². The number of aromatic amines is 1. The van der Waals surface area contributed by atoms with E-state index in [2.05, 4.69) is 20.4 Å². The van der Waals surface area contributed by atoms with E-state index in [4.69, 9.17) is 0 Å². The largest absolute Gasteiger partial charge is 0.330 e. The third-order valence-electron chi connectivity index (χ3n) is 4.50. The molecule has 1 saturated heterocycles. The predicted octanol–water partition coefficient (Wildman–Crippen LogP) is 0.503. The van der Waals surface area contributed by atoms with Crippen LogP contribution >= 0.6 is 0 Å². The average molecular weight is 326 g/mol. The summed E-state index contributed by atoms with van der Waals surface area (Å²) in [6.45, 7) is 3.40. The van der Waals surface area contributed by atoms with Gasteiger partial charge in [-0.2, -0.15) is 5.10 Å². The zero-order valence-corrected chi connectivity index (χ0v) is 13.3. The van der Waals surface area contributed by atoms with Crippen LogP contribution in [-0.4, -0.2) is 37.4 Å². The van der Waals surface area contributed by atoms with Gasteiger partial charge in [-0.15, -0.1) is 0 Å². The minimum Gasteiger partial charge on any atom is -0.317 e. The maximum absolute atomic E-state index is 13.0. The number of hydrogen-bond acceptors (Lipinski definition) is 5. The molecule has 8 heteroatoms. The normalized spacial score (nSPS) is 15.9. The van der Waals surface area contributed by atoms with Crippen molar-refractivity contribution in [1.29, 1.82) is 0 Å². The van der Waals surface area contributed by atoms with Crippen molar-refractivity contribution in [2.75, 3.05) is 13.1 Å². The smallest absolute Gasteiger partial charge is 0.317 e. The van der Waals surface area contributed by atoms with Crippen LogP contribution in [0, 0.1) is 6.92 Å². The fraction of sp³-hybridized carbons (Fsp3) is 0.375. The van der Waals surface area contributed by atoms with Gasteiger partial charge >= 0.3 is 5.69 Å². The van der Waals surface area contributed by atoms with Crippen molar-refractivity contribution < 1.29 is 0 Å². The molecule has 4 rings (SSSR count). The summed E-state index contributed by atoms with van der Waals surface area (Å²) in [5, 5.41) is 8.13. The summed E-state index contributed by atoms with van der Waals surface area (Å²) in [5.74, 6) is 0. The summed E-state index contributed by atoms with van der Waals surface area (Å²) >= 11 is 0. The summed E-state index contributed by atoms with van der Waals surface area (Å²) in [4.78, 5) is 32.5. The van der Waals surface area contributed by atoms with Gasteiger partial charge in [0.15, 0.2) is 5.65 Å². The van der Waals surface area contributed by atoms with Crippen molar-refractivity contribution in [3.05, 3.63) is 51.1 Å². The van der Waals surface area contributed by atoms with E-state index in [0.717, 1.165) is 25.9 Å². The Hall–Kier alpha value is -2.74. The summed E-state index contributed by atoms with van der Waals surface area (Å²) in [6, 6.07) is 3.54. The lowest BCUT2D eigenvalue weighted by Gasteiger charge is -2.23. The standard InChI is InChI=1S/C16H18N6O2/c1-10-13-14(22(20-10)12-3-2-6-18-9-12)19-16(24)21(15(13)23)11-4-7-17-8-5-11/h2-3,6,9,11,17H,4-5,7-8H2,1H3,(H,19,24). The third-order valence-corrected chi connectivity index (χ3v) is 4.50. The highest BCUT2D eigenvalue weighted by Gasteiger charge is 2.23. The zero-order chi connectivity index (χ0) is 16.7. The Kier molecular flexibility index (Phi) is 3.53. The Bertz CT molecular complexity index is 995. The molecule has 1 aliphatic rings. The summed E-state index contributed by atoms with van der Waals surface area (Å²) in [7, 11) is 0. The molecule has 124 valence electrons. The van der Waals surface area contributed by atoms with Gasteiger partial charge in [0.25, 0.3) is 5.56 Å². The number of pyridine rings is 1. The molecule has 0 amide bonds. The number of aryl methyl sites for hydroxylation is 1. The molecule has 0 bridgehead atoms. The molecule has 1 aliphatic heterocycles. The number of hydrogen-bond donors (Lipinski definition) is 2. The number of rotatable bonds is 2. The number of fused-ring (bicyclic) bond motifs is 1. The molecule has 0 spiro atoms. The molecule has 24 heavy (non-hydrogen) atoms. The first kappa shape index (κ1) is 14.8. The van der Waals surface area contributed by atoms with Crippen molar-refractivity contribution in [1.82, 2.24) is 29.6 Å². The Morgan fingerprint density at radius 2 is 2.04 bits per heavy atom. The van der Waals surface area contributed by atoms with Gasteiger partial charge in [0.2, 0.25) is 0 Å². The lowest BCUT2D eigenvalue weighted by molar-refractivity contribution is 0.352. The zero-order valence-electron chi connectivity index (χ0n) is 13.3. The van der Waals surface area contributed by atoms with Crippen molar-refractivity contribution in [2.45, 2.75) is 25.8 Å². The predicted molar refractivity (Wildman–Crippen MR) is 89.6 cm³/mol. The van der Waals surface area contributed by atoms with Gasteiger partial charge < -0.3 is 5.32 Å². The Labute approximate surface area is 137 Å². The van der Waals surface area contributed by atoms with E-state index < -0.39 is 0 Å². The van der Waals surface area contributed by atoms with Gasteiger partial charge in [0, 0.05) is 12.2 Å². The van der Waals surface area contributed by atoms with Crippen LogP contribution in [0.15, 0.2) is 34.1 Å². The van der Waals surface area contributed by atoms with Crippen LogP contribution in [-0.2, 0) is 0 Å². The Morgan fingerprint density at radius 3 is 2.75 bits per heavy atom. The average Bonchev–Trinajstić information content (AvgIpc) is 2.93. The minimum atomic E-state index is -0.385. The van der Waals surface area contributed by atoms with Crippen molar-refractivity contribution in [3.63, 3.8) is 0 Å². The Morgan fingerprint density at radius 1 is 1.25 bits per heavy atom. The maximum Gasteiger partial charge on any atom is 0.330 e. The molecule has 0 aromatic carbocycles. The molecule has 0 radical (unpaired) electrons. The second-order valence-electron chi connectivity index (χ2n) is 6.02. The van der Waals surface area contributed by atoms with Gasteiger partial charge in [0.1, 0.15) is 5.39 Å². The van der Waals surface area contributed by atoms with Crippen molar-refractivity contribution in [2.24, 2.45) is 0 Å². The summed E-state index contributed by atoms with van der Waals surface area (Å²) in [5.41, 5.74) is 1.06. The molecular weight excluding hydrogens is 308 g/mol. The maximum atomic E-state index is 13.0. The molecular formula is C16H18N6O2. The summed E-state index contributed by atoms with van der Waals surface area (Å²) in [6.07, 6.45) is 4.84. The van der Waals surface area contributed by atoms with Crippen molar-refractivity contribution >= 4 is 11.0 Å². The number of nitrogens with one attached hydrogen (secondary N) is 2. The SMILES string of the molecule is Cc1nn(-c2cccnc2)c2[nH]c(=O)n(C3CCNCC3)c(=O)c12. The van der Waals surface area contributed by atoms with E-state index in [1.807, 2.05) is 6.07 Å². The first-order chi connectivity index (χ1) is 11.7. The molecule has 2 N–H and O–H groups in total. The van der Waals surface area contributed by atoms with Crippen LogP contribution in [0.3, 0.4) is 0 Å². The molecule has 0 unspecified atom stereocenters. The lowest BCUT2D eigenvalue weighted by atomic mass is 10.1. The number of H-pyrrole nitrogens is 1. The lowest BCUT2D eigenvalue weighted by Crippen LogP contribution is -2.42. The highest BCUT2D eigenvalue weighted by Crippen LogP contribution is 2.18. The molecule has 3 aromatic heterocycles. The van der Waals surface area contributed by atoms with Gasteiger partial charge in [-0.25, -0.2) is 9.48 Å². The van der Waals surface area contributed by atoms with E-state index in [0.29, 0.717) is 22.4 Å².